The number of benzene rings is 1. The van der Waals surface area contributed by atoms with Crippen LogP contribution in [-0.2, 0) is 0 Å². The van der Waals surface area contributed by atoms with Gasteiger partial charge in [-0.15, -0.1) is 0 Å². The highest BCUT2D eigenvalue weighted by Gasteiger charge is 2.29. The van der Waals surface area contributed by atoms with Crippen molar-refractivity contribution in [2.24, 2.45) is 0 Å². The SMILES string of the molecule is CNC(C)c1cccc(NC(=O)N(C)C2CC2)c1. The number of nitrogens with zero attached hydrogens (tertiary/aromatic N) is 1. The van der Waals surface area contributed by atoms with E-state index in [4.69, 9.17) is 0 Å². The molecule has 1 unspecified atom stereocenters. The quantitative estimate of drug-likeness (QED) is 0.859. The predicted octanol–water partition coefficient (Wildman–Crippen LogP) is 2.59. The summed E-state index contributed by atoms with van der Waals surface area (Å²) in [6.45, 7) is 2.09. The van der Waals surface area contributed by atoms with Crippen LogP contribution in [0.15, 0.2) is 24.3 Å². The van der Waals surface area contributed by atoms with E-state index >= 15 is 0 Å². The zero-order valence-corrected chi connectivity index (χ0v) is 11.2. The zero-order valence-electron chi connectivity index (χ0n) is 11.2. The largest absolute Gasteiger partial charge is 0.325 e. The van der Waals surface area contributed by atoms with Crippen LogP contribution in [0.4, 0.5) is 10.5 Å². The molecule has 4 heteroatoms. The minimum absolute atomic E-state index is 0.0215. The summed E-state index contributed by atoms with van der Waals surface area (Å²) in [5.74, 6) is 0. The van der Waals surface area contributed by atoms with Gasteiger partial charge in [0.1, 0.15) is 0 Å². The summed E-state index contributed by atoms with van der Waals surface area (Å²) in [7, 11) is 3.78. The topological polar surface area (TPSA) is 44.4 Å². The third-order valence-electron chi connectivity index (χ3n) is 3.49. The first-order valence-corrected chi connectivity index (χ1v) is 6.43. The van der Waals surface area contributed by atoms with Gasteiger partial charge in [0, 0.05) is 24.8 Å². The van der Waals surface area contributed by atoms with Gasteiger partial charge in [-0.25, -0.2) is 4.79 Å². The maximum absolute atomic E-state index is 11.9. The van der Waals surface area contributed by atoms with Gasteiger partial charge in [-0.1, -0.05) is 12.1 Å². The van der Waals surface area contributed by atoms with E-state index in [1.165, 1.54) is 5.56 Å². The van der Waals surface area contributed by atoms with Crippen LogP contribution < -0.4 is 10.6 Å². The first-order valence-electron chi connectivity index (χ1n) is 6.43. The highest BCUT2D eigenvalue weighted by atomic mass is 16.2. The lowest BCUT2D eigenvalue weighted by Crippen LogP contribution is -2.33. The van der Waals surface area contributed by atoms with Crippen molar-refractivity contribution in [1.82, 2.24) is 10.2 Å². The number of hydrogen-bond donors (Lipinski definition) is 2. The molecule has 0 bridgehead atoms. The Bertz CT molecular complexity index is 429. The number of hydrogen-bond acceptors (Lipinski definition) is 2. The van der Waals surface area contributed by atoms with Crippen molar-refractivity contribution in [3.05, 3.63) is 29.8 Å². The lowest BCUT2D eigenvalue weighted by Gasteiger charge is -2.18. The molecule has 1 saturated carbocycles. The number of carbonyl (C=O) groups excluding carboxylic acids is 1. The average Bonchev–Trinajstić information content (AvgIpc) is 3.21. The van der Waals surface area contributed by atoms with E-state index < -0.39 is 0 Å². The number of rotatable bonds is 4. The van der Waals surface area contributed by atoms with Crippen LogP contribution in [0.2, 0.25) is 0 Å². The second kappa shape index (κ2) is 5.40. The van der Waals surface area contributed by atoms with Crippen LogP contribution in [0, 0.1) is 0 Å². The summed E-state index contributed by atoms with van der Waals surface area (Å²) < 4.78 is 0. The third-order valence-corrected chi connectivity index (χ3v) is 3.49. The normalized spacial score (nSPS) is 16.2. The van der Waals surface area contributed by atoms with E-state index in [2.05, 4.69) is 23.6 Å². The minimum atomic E-state index is -0.0215. The smallest absolute Gasteiger partial charge is 0.321 e. The molecule has 2 N–H and O–H groups in total. The average molecular weight is 247 g/mol. The van der Waals surface area contributed by atoms with Gasteiger partial charge in [0.2, 0.25) is 0 Å². The van der Waals surface area contributed by atoms with Gasteiger partial charge < -0.3 is 15.5 Å². The van der Waals surface area contributed by atoms with Gasteiger partial charge in [-0.05, 0) is 44.5 Å². The van der Waals surface area contributed by atoms with Gasteiger partial charge in [-0.3, -0.25) is 0 Å². The number of amides is 2. The lowest BCUT2D eigenvalue weighted by atomic mass is 10.1. The fourth-order valence-corrected chi connectivity index (χ4v) is 1.89. The number of anilines is 1. The monoisotopic (exact) mass is 247 g/mol. The van der Waals surface area contributed by atoms with Crippen LogP contribution in [0.5, 0.6) is 0 Å². The van der Waals surface area contributed by atoms with E-state index in [0.29, 0.717) is 6.04 Å². The Labute approximate surface area is 108 Å². The van der Waals surface area contributed by atoms with Crippen molar-refractivity contribution in [1.29, 1.82) is 0 Å². The van der Waals surface area contributed by atoms with Crippen LogP contribution in [0.25, 0.3) is 0 Å². The predicted molar refractivity (Wildman–Crippen MR) is 73.7 cm³/mol. The molecule has 0 spiro atoms. The van der Waals surface area contributed by atoms with Gasteiger partial charge in [0.25, 0.3) is 0 Å². The Morgan fingerprint density at radius 2 is 2.17 bits per heavy atom. The molecular weight excluding hydrogens is 226 g/mol. The molecule has 1 fully saturated rings. The molecule has 0 saturated heterocycles. The van der Waals surface area contributed by atoms with Crippen LogP contribution in [0.3, 0.4) is 0 Å². The molecule has 1 atom stereocenters. The summed E-state index contributed by atoms with van der Waals surface area (Å²) in [5, 5.41) is 6.13. The summed E-state index contributed by atoms with van der Waals surface area (Å²) in [4.78, 5) is 13.7. The number of nitrogens with one attached hydrogen (secondary N) is 2. The summed E-state index contributed by atoms with van der Waals surface area (Å²) in [6.07, 6.45) is 2.25. The molecule has 0 heterocycles. The van der Waals surface area contributed by atoms with E-state index in [1.54, 1.807) is 4.90 Å². The molecule has 1 aliphatic carbocycles. The van der Waals surface area contributed by atoms with E-state index in [1.807, 2.05) is 32.3 Å². The number of carbonyl (C=O) groups is 1. The Kier molecular flexibility index (Phi) is 3.87. The van der Waals surface area contributed by atoms with Crippen molar-refractivity contribution in [3.8, 4) is 0 Å². The molecule has 1 aromatic rings. The van der Waals surface area contributed by atoms with Gasteiger partial charge in [0.05, 0.1) is 0 Å². The highest BCUT2D eigenvalue weighted by molar-refractivity contribution is 5.89. The second-order valence-electron chi connectivity index (χ2n) is 4.91. The zero-order chi connectivity index (χ0) is 13.1. The third kappa shape index (κ3) is 3.01. The van der Waals surface area contributed by atoms with Crippen molar-refractivity contribution < 1.29 is 4.79 Å². The van der Waals surface area contributed by atoms with Crippen molar-refractivity contribution in [3.63, 3.8) is 0 Å². The fourth-order valence-electron chi connectivity index (χ4n) is 1.89. The van der Waals surface area contributed by atoms with Crippen LogP contribution >= 0.6 is 0 Å². The molecular formula is C14H21N3O. The van der Waals surface area contributed by atoms with Gasteiger partial charge in [0.15, 0.2) is 0 Å². The van der Waals surface area contributed by atoms with Crippen molar-refractivity contribution in [2.75, 3.05) is 19.4 Å². The Morgan fingerprint density at radius 1 is 1.44 bits per heavy atom. The first-order chi connectivity index (χ1) is 8.61. The standard InChI is InChI=1S/C14H21N3O/c1-10(15-2)11-5-4-6-12(9-11)16-14(18)17(3)13-7-8-13/h4-6,9-10,13,15H,7-8H2,1-3H3,(H,16,18). The Hall–Kier alpha value is -1.55. The van der Waals surface area contributed by atoms with Gasteiger partial charge >= 0.3 is 6.03 Å². The summed E-state index contributed by atoms with van der Waals surface area (Å²) in [5.41, 5.74) is 2.02. The number of urea groups is 1. The molecule has 4 nitrogen and oxygen atoms in total. The molecule has 1 aliphatic rings. The molecule has 18 heavy (non-hydrogen) atoms. The second-order valence-corrected chi connectivity index (χ2v) is 4.91. The van der Waals surface area contributed by atoms with Crippen molar-refractivity contribution in [2.45, 2.75) is 31.8 Å². The fraction of sp³-hybridized carbons (Fsp3) is 0.500. The van der Waals surface area contributed by atoms with Crippen LogP contribution in [0.1, 0.15) is 31.4 Å². The Balaban J connectivity index is 2.02. The minimum Gasteiger partial charge on any atom is -0.325 e. The molecule has 98 valence electrons. The van der Waals surface area contributed by atoms with E-state index in [-0.39, 0.29) is 12.1 Å². The summed E-state index contributed by atoms with van der Waals surface area (Å²) >= 11 is 0. The molecule has 0 radical (unpaired) electrons. The van der Waals surface area contributed by atoms with Crippen molar-refractivity contribution >= 4 is 11.7 Å². The highest BCUT2D eigenvalue weighted by Crippen LogP contribution is 2.26. The molecule has 0 aliphatic heterocycles. The van der Waals surface area contributed by atoms with E-state index in [0.717, 1.165) is 18.5 Å². The van der Waals surface area contributed by atoms with E-state index in [9.17, 15) is 4.79 Å². The molecule has 2 rings (SSSR count). The maximum atomic E-state index is 11.9. The van der Waals surface area contributed by atoms with Crippen LogP contribution in [-0.4, -0.2) is 31.1 Å². The first kappa shape index (κ1) is 12.9. The molecule has 2 amide bonds. The van der Waals surface area contributed by atoms with Gasteiger partial charge in [-0.2, -0.15) is 0 Å². The maximum Gasteiger partial charge on any atom is 0.321 e. The lowest BCUT2D eigenvalue weighted by molar-refractivity contribution is 0.220. The molecule has 1 aromatic carbocycles. The Morgan fingerprint density at radius 3 is 2.78 bits per heavy atom. The molecule has 0 aromatic heterocycles. The summed E-state index contributed by atoms with van der Waals surface area (Å²) in [6, 6.07) is 8.65.